The summed E-state index contributed by atoms with van der Waals surface area (Å²) >= 11 is 0. The van der Waals surface area contributed by atoms with Gasteiger partial charge in [0, 0.05) is 24.6 Å². The highest BCUT2D eigenvalue weighted by Crippen LogP contribution is 2.19. The second-order valence-corrected chi connectivity index (χ2v) is 4.89. The van der Waals surface area contributed by atoms with E-state index < -0.39 is 5.97 Å². The highest BCUT2D eigenvalue weighted by molar-refractivity contribution is 5.73. The summed E-state index contributed by atoms with van der Waals surface area (Å²) in [6.45, 7) is 4.52. The molecule has 4 nitrogen and oxygen atoms in total. The zero-order valence-corrected chi connectivity index (χ0v) is 11.7. The molecule has 1 heterocycles. The smallest absolute Gasteiger partial charge is 0.323 e. The van der Waals surface area contributed by atoms with E-state index in [1.54, 1.807) is 12.4 Å². The van der Waals surface area contributed by atoms with E-state index in [1.807, 2.05) is 49.1 Å². The highest BCUT2D eigenvalue weighted by atomic mass is 16.4. The van der Waals surface area contributed by atoms with Crippen LogP contribution in [0.4, 0.5) is 5.69 Å². The van der Waals surface area contributed by atoms with E-state index in [-0.39, 0.29) is 6.54 Å². The monoisotopic (exact) mass is 270 g/mol. The maximum Gasteiger partial charge on any atom is 0.323 e. The highest BCUT2D eigenvalue weighted by Gasteiger charge is 2.12. The Bertz CT molecular complexity index is 594. The van der Waals surface area contributed by atoms with E-state index in [1.165, 1.54) is 0 Å². The van der Waals surface area contributed by atoms with Gasteiger partial charge >= 0.3 is 5.97 Å². The number of hydrogen-bond acceptors (Lipinski definition) is 3. The molecule has 0 aliphatic carbocycles. The first-order valence-electron chi connectivity index (χ1n) is 6.49. The van der Waals surface area contributed by atoms with Gasteiger partial charge in [0.05, 0.1) is 0 Å². The van der Waals surface area contributed by atoms with Crippen LogP contribution in [0, 0.1) is 13.8 Å². The molecule has 0 radical (unpaired) electrons. The Balaban J connectivity index is 2.26. The van der Waals surface area contributed by atoms with Gasteiger partial charge < -0.3 is 10.0 Å². The van der Waals surface area contributed by atoms with E-state index in [9.17, 15) is 4.79 Å². The van der Waals surface area contributed by atoms with Crippen LogP contribution in [0.25, 0.3) is 0 Å². The van der Waals surface area contributed by atoms with E-state index in [2.05, 4.69) is 4.98 Å². The Labute approximate surface area is 118 Å². The fraction of sp³-hybridized carbons (Fsp3) is 0.250. The third kappa shape index (κ3) is 3.57. The average Bonchev–Trinajstić information content (AvgIpc) is 2.41. The first kappa shape index (κ1) is 14.1. The normalized spacial score (nSPS) is 10.3. The van der Waals surface area contributed by atoms with Crippen LogP contribution in [-0.2, 0) is 11.3 Å². The van der Waals surface area contributed by atoms with Crippen LogP contribution in [0.3, 0.4) is 0 Å². The molecule has 1 aromatic heterocycles. The zero-order chi connectivity index (χ0) is 14.5. The molecule has 1 aromatic carbocycles. The van der Waals surface area contributed by atoms with Crippen molar-refractivity contribution >= 4 is 11.7 Å². The van der Waals surface area contributed by atoms with Gasteiger partial charge in [0.2, 0.25) is 0 Å². The van der Waals surface area contributed by atoms with Crippen molar-refractivity contribution in [1.29, 1.82) is 0 Å². The maximum atomic E-state index is 11.1. The summed E-state index contributed by atoms with van der Waals surface area (Å²) in [5.74, 6) is -0.841. The molecule has 2 rings (SSSR count). The minimum Gasteiger partial charge on any atom is -0.480 e. The number of pyridine rings is 1. The standard InChI is InChI=1S/C16H18N2O2/c1-12-3-5-15(6-4-12)18(11-16(19)20)10-14-9-17-8-7-13(14)2/h3-9H,10-11H2,1-2H3,(H,19,20). The third-order valence-corrected chi connectivity index (χ3v) is 3.23. The zero-order valence-electron chi connectivity index (χ0n) is 11.7. The van der Waals surface area contributed by atoms with E-state index >= 15 is 0 Å². The number of aryl methyl sites for hydroxylation is 2. The van der Waals surface area contributed by atoms with Gasteiger partial charge in [0.1, 0.15) is 6.54 Å². The summed E-state index contributed by atoms with van der Waals surface area (Å²) in [7, 11) is 0. The van der Waals surface area contributed by atoms with E-state index in [4.69, 9.17) is 5.11 Å². The Morgan fingerprint density at radius 3 is 2.50 bits per heavy atom. The lowest BCUT2D eigenvalue weighted by Gasteiger charge is -2.23. The number of rotatable bonds is 5. The molecular weight excluding hydrogens is 252 g/mol. The van der Waals surface area contributed by atoms with Gasteiger partial charge in [-0.15, -0.1) is 0 Å². The van der Waals surface area contributed by atoms with Crippen LogP contribution in [0.15, 0.2) is 42.7 Å². The summed E-state index contributed by atoms with van der Waals surface area (Å²) in [6.07, 6.45) is 3.53. The average molecular weight is 270 g/mol. The van der Waals surface area contributed by atoms with Crippen LogP contribution >= 0.6 is 0 Å². The number of nitrogens with zero attached hydrogens (tertiary/aromatic N) is 2. The number of benzene rings is 1. The Morgan fingerprint density at radius 2 is 1.90 bits per heavy atom. The molecular formula is C16H18N2O2. The summed E-state index contributed by atoms with van der Waals surface area (Å²) in [6, 6.07) is 9.80. The lowest BCUT2D eigenvalue weighted by molar-refractivity contribution is -0.135. The largest absolute Gasteiger partial charge is 0.480 e. The second kappa shape index (κ2) is 6.19. The molecule has 0 saturated carbocycles. The second-order valence-electron chi connectivity index (χ2n) is 4.89. The Kier molecular flexibility index (Phi) is 4.35. The molecule has 2 aromatic rings. The van der Waals surface area contributed by atoms with Gasteiger partial charge in [0.25, 0.3) is 0 Å². The first-order valence-corrected chi connectivity index (χ1v) is 6.49. The van der Waals surface area contributed by atoms with Crippen molar-refractivity contribution in [2.45, 2.75) is 20.4 Å². The third-order valence-electron chi connectivity index (χ3n) is 3.23. The van der Waals surface area contributed by atoms with Crippen molar-refractivity contribution in [3.8, 4) is 0 Å². The SMILES string of the molecule is Cc1ccc(N(CC(=O)O)Cc2cnccc2C)cc1. The minimum absolute atomic E-state index is 0.0304. The predicted molar refractivity (Wildman–Crippen MR) is 78.8 cm³/mol. The maximum absolute atomic E-state index is 11.1. The number of hydrogen-bond donors (Lipinski definition) is 1. The van der Waals surface area contributed by atoms with Crippen molar-refractivity contribution in [2.75, 3.05) is 11.4 Å². The molecule has 0 spiro atoms. The molecule has 20 heavy (non-hydrogen) atoms. The van der Waals surface area contributed by atoms with Gasteiger partial charge in [-0.05, 0) is 43.2 Å². The van der Waals surface area contributed by atoms with Crippen LogP contribution < -0.4 is 4.90 Å². The molecule has 0 aliphatic heterocycles. The molecule has 0 unspecified atom stereocenters. The number of carbonyl (C=O) groups is 1. The van der Waals surface area contributed by atoms with Crippen molar-refractivity contribution in [2.24, 2.45) is 0 Å². The fourth-order valence-corrected chi connectivity index (χ4v) is 2.03. The van der Waals surface area contributed by atoms with Crippen molar-refractivity contribution in [3.63, 3.8) is 0 Å². The Hall–Kier alpha value is -2.36. The molecule has 0 fully saturated rings. The molecule has 0 saturated heterocycles. The van der Waals surface area contributed by atoms with Gasteiger partial charge in [-0.25, -0.2) is 0 Å². The lowest BCUT2D eigenvalue weighted by Crippen LogP contribution is -2.29. The fourth-order valence-electron chi connectivity index (χ4n) is 2.03. The first-order chi connectivity index (χ1) is 9.56. The number of aliphatic carboxylic acids is 1. The Morgan fingerprint density at radius 1 is 1.20 bits per heavy atom. The summed E-state index contributed by atoms with van der Waals surface area (Å²) in [4.78, 5) is 17.0. The van der Waals surface area contributed by atoms with Crippen LogP contribution in [0.2, 0.25) is 0 Å². The number of carboxylic acids is 1. The number of aromatic nitrogens is 1. The molecule has 0 amide bonds. The van der Waals surface area contributed by atoms with Gasteiger partial charge in [0.15, 0.2) is 0 Å². The summed E-state index contributed by atoms with van der Waals surface area (Å²) < 4.78 is 0. The molecule has 104 valence electrons. The number of carboxylic acid groups (broad SMARTS) is 1. The van der Waals surface area contributed by atoms with Crippen molar-refractivity contribution in [1.82, 2.24) is 4.98 Å². The van der Waals surface area contributed by atoms with Crippen LogP contribution in [0.5, 0.6) is 0 Å². The molecule has 4 heteroatoms. The van der Waals surface area contributed by atoms with E-state index in [0.717, 1.165) is 22.4 Å². The van der Waals surface area contributed by atoms with Crippen LogP contribution in [0.1, 0.15) is 16.7 Å². The molecule has 0 atom stereocenters. The topological polar surface area (TPSA) is 53.4 Å². The summed E-state index contributed by atoms with van der Waals surface area (Å²) in [5, 5.41) is 9.09. The van der Waals surface area contributed by atoms with Crippen molar-refractivity contribution in [3.05, 3.63) is 59.4 Å². The molecule has 0 aliphatic rings. The van der Waals surface area contributed by atoms with Gasteiger partial charge in [-0.3, -0.25) is 9.78 Å². The minimum atomic E-state index is -0.841. The summed E-state index contributed by atoms with van der Waals surface area (Å²) in [5.41, 5.74) is 4.21. The number of anilines is 1. The predicted octanol–water partition coefficient (Wildman–Crippen LogP) is 2.79. The van der Waals surface area contributed by atoms with E-state index in [0.29, 0.717) is 6.54 Å². The van der Waals surface area contributed by atoms with Gasteiger partial charge in [-0.1, -0.05) is 17.7 Å². The van der Waals surface area contributed by atoms with Crippen molar-refractivity contribution < 1.29 is 9.90 Å². The lowest BCUT2D eigenvalue weighted by atomic mass is 10.1. The van der Waals surface area contributed by atoms with Crippen LogP contribution in [-0.4, -0.2) is 22.6 Å². The quantitative estimate of drug-likeness (QED) is 0.907. The molecule has 0 bridgehead atoms. The van der Waals surface area contributed by atoms with Gasteiger partial charge in [-0.2, -0.15) is 0 Å². The molecule has 1 N–H and O–H groups in total.